The van der Waals surface area contributed by atoms with Crippen molar-refractivity contribution in [2.75, 3.05) is 33.8 Å². The van der Waals surface area contributed by atoms with Crippen molar-refractivity contribution in [2.24, 2.45) is 0 Å². The second kappa shape index (κ2) is 11.7. The quantitative estimate of drug-likeness (QED) is 0.276. The van der Waals surface area contributed by atoms with E-state index in [1.54, 1.807) is 27.7 Å². The second-order valence-electron chi connectivity index (χ2n) is 9.01. The maximum Gasteiger partial charge on any atom is 0.266 e. The number of likely N-dealkylation sites (N-methyl/N-ethyl adjacent to an activating group) is 1. The molecule has 0 spiro atoms. The minimum Gasteiger partial charge on any atom is -0.492 e. The zero-order valence-corrected chi connectivity index (χ0v) is 23.1. The number of benzene rings is 3. The molecule has 192 valence electrons. The average Bonchev–Trinajstić information content (AvgIpc) is 2.89. The van der Waals surface area contributed by atoms with Crippen LogP contribution in [0.3, 0.4) is 0 Å². The van der Waals surface area contributed by atoms with Gasteiger partial charge < -0.3 is 14.5 Å². The second-order valence-corrected chi connectivity index (χ2v) is 9.93. The lowest BCUT2D eigenvalue weighted by molar-refractivity contribution is 0.0667. The van der Waals surface area contributed by atoms with E-state index in [0.29, 0.717) is 53.4 Å². The molecule has 1 unspecified atom stereocenters. The number of hydrogen-bond donors (Lipinski definition) is 0. The highest BCUT2D eigenvalue weighted by atomic mass is 79.9. The molecule has 0 aliphatic rings. The Morgan fingerprint density at radius 2 is 1.68 bits per heavy atom. The molecule has 0 saturated heterocycles. The largest absolute Gasteiger partial charge is 0.492 e. The fraction of sp³-hybridized carbons (Fsp3) is 0.276. The molecule has 4 aromatic rings. The van der Waals surface area contributed by atoms with Gasteiger partial charge in [-0.15, -0.1) is 0 Å². The maximum atomic E-state index is 13.9. The maximum absolute atomic E-state index is 13.9. The van der Waals surface area contributed by atoms with Crippen LogP contribution in [0.15, 0.2) is 82.1 Å². The molecule has 1 amide bonds. The van der Waals surface area contributed by atoms with E-state index in [1.807, 2.05) is 87.4 Å². The summed E-state index contributed by atoms with van der Waals surface area (Å²) in [6.45, 7) is 5.39. The first kappa shape index (κ1) is 26.6. The Balaban J connectivity index is 1.92. The first-order valence-corrected chi connectivity index (χ1v) is 13.1. The van der Waals surface area contributed by atoms with Gasteiger partial charge in [-0.3, -0.25) is 14.2 Å². The first-order valence-electron chi connectivity index (χ1n) is 12.3. The van der Waals surface area contributed by atoms with Gasteiger partial charge >= 0.3 is 0 Å². The van der Waals surface area contributed by atoms with Gasteiger partial charge in [-0.25, -0.2) is 4.98 Å². The topological polar surface area (TPSA) is 67.7 Å². The van der Waals surface area contributed by atoms with Crippen molar-refractivity contribution >= 4 is 32.7 Å². The minimum absolute atomic E-state index is 0.131. The summed E-state index contributed by atoms with van der Waals surface area (Å²) in [5.74, 6) is 0.922. The fourth-order valence-electron chi connectivity index (χ4n) is 4.26. The summed E-state index contributed by atoms with van der Waals surface area (Å²) in [6.07, 6.45) is 0. The molecule has 0 fully saturated rings. The number of rotatable bonds is 9. The van der Waals surface area contributed by atoms with Crippen molar-refractivity contribution in [3.05, 3.63) is 99.0 Å². The molecule has 1 heterocycles. The summed E-state index contributed by atoms with van der Waals surface area (Å²) in [4.78, 5) is 36.5. The highest BCUT2D eigenvalue weighted by molar-refractivity contribution is 9.10. The summed E-state index contributed by atoms with van der Waals surface area (Å²) >= 11 is 3.44. The van der Waals surface area contributed by atoms with Crippen LogP contribution >= 0.6 is 15.9 Å². The lowest BCUT2D eigenvalue weighted by atomic mass is 10.1. The SMILES string of the molecule is CCOc1ccccc1-n1c(C(C)N(CCN(C)C)C(=O)c2ccc(Br)cc2)nc2ccccc2c1=O. The number of halogens is 1. The predicted octanol–water partition coefficient (Wildman–Crippen LogP) is 5.31. The van der Waals surface area contributed by atoms with E-state index in [1.165, 1.54) is 0 Å². The van der Waals surface area contributed by atoms with Crippen LogP contribution in [0.1, 0.15) is 36.1 Å². The smallest absolute Gasteiger partial charge is 0.266 e. The molecule has 7 nitrogen and oxygen atoms in total. The molecule has 1 atom stereocenters. The van der Waals surface area contributed by atoms with Gasteiger partial charge in [0.15, 0.2) is 0 Å². The molecule has 3 aromatic carbocycles. The highest BCUT2D eigenvalue weighted by Gasteiger charge is 2.28. The van der Waals surface area contributed by atoms with Gasteiger partial charge in [0.1, 0.15) is 11.6 Å². The van der Waals surface area contributed by atoms with Gasteiger partial charge in [0.05, 0.1) is 29.2 Å². The van der Waals surface area contributed by atoms with E-state index in [4.69, 9.17) is 9.72 Å². The number of fused-ring (bicyclic) bond motifs is 1. The predicted molar refractivity (Wildman–Crippen MR) is 151 cm³/mol. The molecule has 0 saturated carbocycles. The normalized spacial score (nSPS) is 12.1. The van der Waals surface area contributed by atoms with Crippen LogP contribution in [0.4, 0.5) is 0 Å². The summed E-state index contributed by atoms with van der Waals surface area (Å²) in [5, 5.41) is 0.504. The van der Waals surface area contributed by atoms with E-state index in [0.717, 1.165) is 4.47 Å². The van der Waals surface area contributed by atoms with Crippen LogP contribution in [0.2, 0.25) is 0 Å². The Morgan fingerprint density at radius 3 is 2.38 bits per heavy atom. The van der Waals surface area contributed by atoms with Gasteiger partial charge in [-0.1, -0.05) is 40.2 Å². The van der Waals surface area contributed by atoms with Crippen LogP contribution in [0.25, 0.3) is 16.6 Å². The van der Waals surface area contributed by atoms with Crippen molar-refractivity contribution in [1.29, 1.82) is 0 Å². The van der Waals surface area contributed by atoms with Crippen molar-refractivity contribution < 1.29 is 9.53 Å². The van der Waals surface area contributed by atoms with Gasteiger partial charge in [0.2, 0.25) is 0 Å². The number of carbonyl (C=O) groups is 1. The molecule has 0 bridgehead atoms. The Hall–Kier alpha value is -3.49. The van der Waals surface area contributed by atoms with Crippen molar-refractivity contribution in [1.82, 2.24) is 19.4 Å². The molecule has 37 heavy (non-hydrogen) atoms. The van der Waals surface area contributed by atoms with Gasteiger partial charge in [-0.05, 0) is 76.5 Å². The van der Waals surface area contributed by atoms with Crippen LogP contribution in [-0.2, 0) is 0 Å². The van der Waals surface area contributed by atoms with E-state index < -0.39 is 6.04 Å². The number of amides is 1. The third-order valence-electron chi connectivity index (χ3n) is 6.19. The summed E-state index contributed by atoms with van der Waals surface area (Å²) in [7, 11) is 3.94. The molecule has 0 radical (unpaired) electrons. The Bertz CT molecular complexity index is 1450. The Morgan fingerprint density at radius 1 is 1.00 bits per heavy atom. The lowest BCUT2D eigenvalue weighted by Crippen LogP contribution is -2.41. The van der Waals surface area contributed by atoms with Crippen LogP contribution < -0.4 is 10.3 Å². The molecule has 8 heteroatoms. The molecule has 0 N–H and O–H groups in total. The number of aromatic nitrogens is 2. The van der Waals surface area contributed by atoms with Gasteiger partial charge in [0.25, 0.3) is 11.5 Å². The van der Waals surface area contributed by atoms with Gasteiger partial charge in [-0.2, -0.15) is 0 Å². The van der Waals surface area contributed by atoms with Crippen LogP contribution in [-0.4, -0.2) is 59.0 Å². The molecule has 1 aromatic heterocycles. The standard InChI is InChI=1S/C29H31BrN4O3/c1-5-37-26-13-9-8-12-25(26)34-27(31-24-11-7-6-10-23(24)29(34)36)20(2)33(19-18-32(3)4)28(35)21-14-16-22(30)17-15-21/h6-17,20H,5,18-19H2,1-4H3. The molecular weight excluding hydrogens is 532 g/mol. The summed E-state index contributed by atoms with van der Waals surface area (Å²) < 4.78 is 8.37. The fourth-order valence-corrected chi connectivity index (χ4v) is 4.52. The first-order chi connectivity index (χ1) is 17.8. The number of carbonyl (C=O) groups excluding carboxylic acids is 1. The van der Waals surface area contributed by atoms with E-state index in [9.17, 15) is 9.59 Å². The number of para-hydroxylation sites is 3. The Kier molecular flexibility index (Phi) is 8.41. The van der Waals surface area contributed by atoms with Crippen molar-refractivity contribution in [2.45, 2.75) is 19.9 Å². The average molecular weight is 563 g/mol. The number of nitrogens with zero attached hydrogens (tertiary/aromatic N) is 4. The lowest BCUT2D eigenvalue weighted by Gasteiger charge is -2.32. The molecular formula is C29H31BrN4O3. The molecule has 4 rings (SSSR count). The van der Waals surface area contributed by atoms with Crippen molar-refractivity contribution in [3.8, 4) is 11.4 Å². The monoisotopic (exact) mass is 562 g/mol. The minimum atomic E-state index is -0.511. The zero-order valence-electron chi connectivity index (χ0n) is 21.5. The molecule has 0 aliphatic heterocycles. The third kappa shape index (κ3) is 5.76. The number of hydrogen-bond acceptors (Lipinski definition) is 5. The molecule has 0 aliphatic carbocycles. The Labute approximate surface area is 225 Å². The van der Waals surface area contributed by atoms with Crippen LogP contribution in [0.5, 0.6) is 5.75 Å². The van der Waals surface area contributed by atoms with Crippen LogP contribution in [0, 0.1) is 0 Å². The van der Waals surface area contributed by atoms with E-state index in [-0.39, 0.29) is 11.5 Å². The van der Waals surface area contributed by atoms with E-state index in [2.05, 4.69) is 15.9 Å². The zero-order chi connectivity index (χ0) is 26.5. The number of ether oxygens (including phenoxy) is 1. The summed E-state index contributed by atoms with van der Waals surface area (Å²) in [5.41, 5.74) is 1.54. The summed E-state index contributed by atoms with van der Waals surface area (Å²) in [6, 6.07) is 21.5. The highest BCUT2D eigenvalue weighted by Crippen LogP contribution is 2.28. The third-order valence-corrected chi connectivity index (χ3v) is 6.72. The van der Waals surface area contributed by atoms with Gasteiger partial charge in [0, 0.05) is 23.1 Å². The van der Waals surface area contributed by atoms with Crippen molar-refractivity contribution in [3.63, 3.8) is 0 Å². The van der Waals surface area contributed by atoms with E-state index >= 15 is 0 Å².